The van der Waals surface area contributed by atoms with E-state index in [9.17, 15) is 13.2 Å². The topological polar surface area (TPSA) is 98.5 Å². The molecule has 0 aliphatic rings. The lowest BCUT2D eigenvalue weighted by atomic mass is 10.4. The van der Waals surface area contributed by atoms with Crippen molar-refractivity contribution in [2.75, 3.05) is 31.8 Å². The first-order valence-electron chi connectivity index (χ1n) is 5.09. The molecule has 0 radical (unpaired) electrons. The Labute approximate surface area is 96.4 Å². The summed E-state index contributed by atoms with van der Waals surface area (Å²) in [5.74, 6) is -1.16. The van der Waals surface area contributed by atoms with Crippen LogP contribution in [0.3, 0.4) is 0 Å². The highest BCUT2D eigenvalue weighted by Gasteiger charge is 2.17. The molecule has 1 atom stereocenters. The van der Waals surface area contributed by atoms with Gasteiger partial charge in [-0.15, -0.1) is 0 Å². The lowest BCUT2D eigenvalue weighted by Crippen LogP contribution is -2.35. The summed E-state index contributed by atoms with van der Waals surface area (Å²) in [4.78, 5) is 11.2. The Morgan fingerprint density at radius 1 is 1.50 bits per heavy atom. The van der Waals surface area contributed by atoms with Gasteiger partial charge < -0.3 is 15.8 Å². The summed E-state index contributed by atoms with van der Waals surface area (Å²) >= 11 is 0. The average Bonchev–Trinajstić information content (AvgIpc) is 2.09. The van der Waals surface area contributed by atoms with Crippen LogP contribution in [0.4, 0.5) is 0 Å². The third-order valence-electron chi connectivity index (χ3n) is 1.72. The maximum atomic E-state index is 11.4. The van der Waals surface area contributed by atoms with Crippen molar-refractivity contribution >= 4 is 15.7 Å². The Morgan fingerprint density at radius 2 is 2.12 bits per heavy atom. The summed E-state index contributed by atoms with van der Waals surface area (Å²) in [5, 5.41) is 2.51. The van der Waals surface area contributed by atoms with Gasteiger partial charge in [-0.3, -0.25) is 4.79 Å². The third-order valence-corrected chi connectivity index (χ3v) is 3.45. The van der Waals surface area contributed by atoms with E-state index in [0.29, 0.717) is 19.6 Å². The fraction of sp³-hybridized carbons (Fsp3) is 0.889. The zero-order valence-electron chi connectivity index (χ0n) is 9.73. The number of ether oxygens (including phenoxy) is 1. The van der Waals surface area contributed by atoms with Crippen molar-refractivity contribution in [1.82, 2.24) is 5.32 Å². The van der Waals surface area contributed by atoms with Crippen LogP contribution in [-0.4, -0.2) is 52.1 Å². The molecule has 3 N–H and O–H groups in total. The number of rotatable bonds is 8. The quantitative estimate of drug-likeness (QED) is 0.534. The maximum Gasteiger partial charge on any atom is 0.235 e. The molecule has 0 aromatic heterocycles. The van der Waals surface area contributed by atoms with E-state index in [2.05, 4.69) is 5.32 Å². The molecule has 0 bridgehead atoms. The fourth-order valence-electron chi connectivity index (χ4n) is 1.15. The van der Waals surface area contributed by atoms with Gasteiger partial charge >= 0.3 is 0 Å². The summed E-state index contributed by atoms with van der Waals surface area (Å²) < 4.78 is 27.5. The highest BCUT2D eigenvalue weighted by molar-refractivity contribution is 7.92. The molecule has 0 rings (SSSR count). The second kappa shape index (κ2) is 7.59. The molecule has 16 heavy (non-hydrogen) atoms. The van der Waals surface area contributed by atoms with Crippen molar-refractivity contribution in [3.63, 3.8) is 0 Å². The molecule has 0 saturated heterocycles. The summed E-state index contributed by atoms with van der Waals surface area (Å²) in [6.07, 6.45) is 0.662. The monoisotopic (exact) mass is 252 g/mol. The van der Waals surface area contributed by atoms with Crippen LogP contribution in [0.2, 0.25) is 0 Å². The van der Waals surface area contributed by atoms with Gasteiger partial charge in [-0.1, -0.05) is 0 Å². The van der Waals surface area contributed by atoms with Crippen molar-refractivity contribution in [2.45, 2.75) is 19.4 Å². The van der Waals surface area contributed by atoms with Gasteiger partial charge in [0, 0.05) is 26.3 Å². The second-order valence-corrected chi connectivity index (χ2v) is 5.84. The number of methoxy groups -OCH3 is 1. The van der Waals surface area contributed by atoms with Crippen LogP contribution < -0.4 is 11.1 Å². The van der Waals surface area contributed by atoms with E-state index < -0.39 is 27.5 Å². The summed E-state index contributed by atoms with van der Waals surface area (Å²) in [5.41, 5.74) is 5.37. The number of carbonyl (C=O) groups is 1. The Kier molecular flexibility index (Phi) is 7.27. The first-order chi connectivity index (χ1) is 7.37. The predicted octanol–water partition coefficient (Wildman–Crippen LogP) is -1.10. The molecular weight excluding hydrogens is 232 g/mol. The van der Waals surface area contributed by atoms with E-state index in [0.717, 1.165) is 0 Å². The van der Waals surface area contributed by atoms with Crippen LogP contribution in [0.1, 0.15) is 13.3 Å². The standard InChI is InChI=1S/C9H20N2O4S/c1-8(10)6-16(13,14)7-9(12)11-4-3-5-15-2/h8H,3-7,10H2,1-2H3,(H,11,12). The van der Waals surface area contributed by atoms with Crippen LogP contribution in [0.25, 0.3) is 0 Å². The van der Waals surface area contributed by atoms with Gasteiger partial charge in [0.1, 0.15) is 5.75 Å². The normalized spacial score (nSPS) is 13.4. The van der Waals surface area contributed by atoms with Gasteiger partial charge in [0.2, 0.25) is 5.91 Å². The van der Waals surface area contributed by atoms with E-state index in [-0.39, 0.29) is 5.75 Å². The largest absolute Gasteiger partial charge is 0.385 e. The van der Waals surface area contributed by atoms with Crippen LogP contribution in [-0.2, 0) is 19.4 Å². The molecule has 0 heterocycles. The van der Waals surface area contributed by atoms with Crippen LogP contribution >= 0.6 is 0 Å². The van der Waals surface area contributed by atoms with E-state index in [1.165, 1.54) is 0 Å². The smallest absolute Gasteiger partial charge is 0.235 e. The SMILES string of the molecule is COCCCNC(=O)CS(=O)(=O)CC(C)N. The molecule has 0 fully saturated rings. The second-order valence-electron chi connectivity index (χ2n) is 3.73. The van der Waals surface area contributed by atoms with E-state index in [4.69, 9.17) is 10.5 Å². The van der Waals surface area contributed by atoms with Crippen molar-refractivity contribution < 1.29 is 17.9 Å². The molecule has 1 amide bonds. The molecular formula is C9H20N2O4S. The van der Waals surface area contributed by atoms with E-state index in [1.54, 1.807) is 14.0 Å². The Morgan fingerprint density at radius 3 is 2.62 bits per heavy atom. The number of hydrogen-bond acceptors (Lipinski definition) is 5. The van der Waals surface area contributed by atoms with Gasteiger partial charge in [-0.2, -0.15) is 0 Å². The number of hydrogen-bond donors (Lipinski definition) is 2. The Bertz CT molecular complexity index is 301. The molecule has 7 heteroatoms. The van der Waals surface area contributed by atoms with Gasteiger partial charge in [-0.05, 0) is 13.3 Å². The molecule has 0 spiro atoms. The summed E-state index contributed by atoms with van der Waals surface area (Å²) in [7, 11) is -1.83. The average molecular weight is 252 g/mol. The van der Waals surface area contributed by atoms with Gasteiger partial charge in [0.15, 0.2) is 9.84 Å². The number of nitrogens with two attached hydrogens (primary N) is 1. The first-order valence-corrected chi connectivity index (χ1v) is 6.91. The predicted molar refractivity (Wildman–Crippen MR) is 61.8 cm³/mol. The summed E-state index contributed by atoms with van der Waals surface area (Å²) in [6, 6.07) is -0.453. The minimum absolute atomic E-state index is 0.168. The highest BCUT2D eigenvalue weighted by atomic mass is 32.2. The molecule has 96 valence electrons. The summed E-state index contributed by atoms with van der Waals surface area (Å²) in [6.45, 7) is 2.54. The van der Waals surface area contributed by atoms with Crippen molar-refractivity contribution in [2.24, 2.45) is 5.73 Å². The minimum Gasteiger partial charge on any atom is -0.385 e. The highest BCUT2D eigenvalue weighted by Crippen LogP contribution is 1.93. The van der Waals surface area contributed by atoms with E-state index in [1.807, 2.05) is 0 Å². The molecule has 1 unspecified atom stereocenters. The lowest BCUT2D eigenvalue weighted by Gasteiger charge is -2.07. The fourth-order valence-corrected chi connectivity index (χ4v) is 2.58. The number of amides is 1. The van der Waals surface area contributed by atoms with Gasteiger partial charge in [0.25, 0.3) is 0 Å². The zero-order valence-corrected chi connectivity index (χ0v) is 10.5. The first kappa shape index (κ1) is 15.3. The number of nitrogens with one attached hydrogen (secondary N) is 1. The molecule has 6 nitrogen and oxygen atoms in total. The molecule has 0 aliphatic carbocycles. The molecule has 0 aromatic carbocycles. The van der Waals surface area contributed by atoms with Crippen LogP contribution in [0.15, 0.2) is 0 Å². The van der Waals surface area contributed by atoms with Gasteiger partial charge in [-0.25, -0.2) is 8.42 Å². The molecule has 0 aliphatic heterocycles. The third kappa shape index (κ3) is 8.63. The minimum atomic E-state index is -3.39. The van der Waals surface area contributed by atoms with Crippen molar-refractivity contribution in [1.29, 1.82) is 0 Å². The van der Waals surface area contributed by atoms with E-state index >= 15 is 0 Å². The molecule has 0 aromatic rings. The number of carbonyl (C=O) groups excluding carboxylic acids is 1. The maximum absolute atomic E-state index is 11.4. The Hall–Kier alpha value is -0.660. The lowest BCUT2D eigenvalue weighted by molar-refractivity contribution is -0.118. The van der Waals surface area contributed by atoms with Crippen molar-refractivity contribution in [3.8, 4) is 0 Å². The van der Waals surface area contributed by atoms with Gasteiger partial charge in [0.05, 0.1) is 5.75 Å². The van der Waals surface area contributed by atoms with Crippen LogP contribution in [0, 0.1) is 0 Å². The molecule has 0 saturated carbocycles. The van der Waals surface area contributed by atoms with Crippen LogP contribution in [0.5, 0.6) is 0 Å². The number of sulfone groups is 1. The Balaban J connectivity index is 3.86. The van der Waals surface area contributed by atoms with Crippen molar-refractivity contribution in [3.05, 3.63) is 0 Å². The zero-order chi connectivity index (χ0) is 12.6.